The Balaban J connectivity index is 2.77. The summed E-state index contributed by atoms with van der Waals surface area (Å²) >= 11 is 0. The van der Waals surface area contributed by atoms with Gasteiger partial charge in [-0.1, -0.05) is 27.7 Å². The molecule has 1 aliphatic carbocycles. The van der Waals surface area contributed by atoms with Gasteiger partial charge in [-0.2, -0.15) is 0 Å². The van der Waals surface area contributed by atoms with E-state index in [9.17, 15) is 9.90 Å². The second kappa shape index (κ2) is 6.23. The lowest BCUT2D eigenvalue weighted by atomic mass is 9.64. The number of aliphatic hydroxyl groups is 1. The van der Waals surface area contributed by atoms with E-state index >= 15 is 0 Å². The van der Waals surface area contributed by atoms with Crippen LogP contribution in [0.1, 0.15) is 47.0 Å². The lowest BCUT2D eigenvalue weighted by Crippen LogP contribution is -2.58. The van der Waals surface area contributed by atoms with Gasteiger partial charge in [0.15, 0.2) is 0 Å². The van der Waals surface area contributed by atoms with Gasteiger partial charge in [-0.25, -0.2) is 0 Å². The molecule has 0 spiro atoms. The maximum Gasteiger partial charge on any atom is 0.225 e. The number of methoxy groups -OCH3 is 1. The molecule has 1 rings (SSSR count). The number of carbonyl (C=O) groups excluding carboxylic acids is 1. The van der Waals surface area contributed by atoms with Crippen LogP contribution >= 0.6 is 0 Å². The van der Waals surface area contributed by atoms with Gasteiger partial charge >= 0.3 is 0 Å². The van der Waals surface area contributed by atoms with Gasteiger partial charge in [0, 0.05) is 7.11 Å². The molecule has 0 aromatic heterocycles. The minimum atomic E-state index is -0.472. The first-order chi connectivity index (χ1) is 8.73. The highest BCUT2D eigenvalue weighted by Gasteiger charge is 2.43. The van der Waals surface area contributed by atoms with Gasteiger partial charge in [-0.15, -0.1) is 0 Å². The molecule has 4 nitrogen and oxygen atoms in total. The zero-order chi connectivity index (χ0) is 14.7. The molecule has 4 heteroatoms. The van der Waals surface area contributed by atoms with Crippen molar-refractivity contribution in [3.05, 3.63) is 0 Å². The fourth-order valence-corrected chi connectivity index (χ4v) is 3.71. The number of hydrogen-bond donors (Lipinski definition) is 2. The summed E-state index contributed by atoms with van der Waals surface area (Å²) in [6.45, 7) is 8.87. The zero-order valence-corrected chi connectivity index (χ0v) is 13.0. The topological polar surface area (TPSA) is 58.6 Å². The third kappa shape index (κ3) is 4.46. The van der Waals surface area contributed by atoms with Gasteiger partial charge in [0.05, 0.1) is 24.7 Å². The average molecular weight is 271 g/mol. The molecule has 3 unspecified atom stereocenters. The molecule has 0 aliphatic heterocycles. The molecule has 0 heterocycles. The van der Waals surface area contributed by atoms with E-state index in [1.165, 1.54) is 0 Å². The predicted octanol–water partition coefficient (Wildman–Crippen LogP) is 1.96. The summed E-state index contributed by atoms with van der Waals surface area (Å²) in [5.74, 6) is 0.295. The lowest BCUT2D eigenvalue weighted by molar-refractivity contribution is -0.130. The van der Waals surface area contributed by atoms with Gasteiger partial charge in [-0.3, -0.25) is 4.79 Å². The van der Waals surface area contributed by atoms with Crippen molar-refractivity contribution in [2.45, 2.75) is 52.5 Å². The summed E-state index contributed by atoms with van der Waals surface area (Å²) in [5.41, 5.74) is -0.321. The summed E-state index contributed by atoms with van der Waals surface area (Å²) in [5, 5.41) is 12.9. The smallest absolute Gasteiger partial charge is 0.225 e. The van der Waals surface area contributed by atoms with Crippen LogP contribution in [-0.4, -0.2) is 36.9 Å². The van der Waals surface area contributed by atoms with Crippen molar-refractivity contribution in [1.82, 2.24) is 5.32 Å². The molecule has 1 saturated carbocycles. The van der Waals surface area contributed by atoms with Crippen LogP contribution in [0.4, 0.5) is 0 Å². The van der Waals surface area contributed by atoms with Crippen molar-refractivity contribution >= 4 is 5.91 Å². The van der Waals surface area contributed by atoms with Crippen molar-refractivity contribution < 1.29 is 14.6 Å². The molecule has 3 atom stereocenters. The Kier molecular flexibility index (Phi) is 5.39. The Morgan fingerprint density at radius 3 is 2.58 bits per heavy atom. The normalized spacial score (nSPS) is 31.8. The first-order valence-electron chi connectivity index (χ1n) is 7.15. The lowest BCUT2D eigenvalue weighted by Gasteiger charge is -2.47. The van der Waals surface area contributed by atoms with E-state index < -0.39 is 5.54 Å². The summed E-state index contributed by atoms with van der Waals surface area (Å²) in [6, 6.07) is 0. The van der Waals surface area contributed by atoms with Crippen LogP contribution < -0.4 is 5.32 Å². The first-order valence-corrected chi connectivity index (χ1v) is 7.15. The number of amides is 1. The van der Waals surface area contributed by atoms with Crippen LogP contribution in [0.25, 0.3) is 0 Å². The highest BCUT2D eigenvalue weighted by atomic mass is 16.5. The molecular formula is C15H29NO3. The number of aliphatic hydroxyl groups excluding tert-OH is 1. The van der Waals surface area contributed by atoms with E-state index in [0.717, 1.165) is 19.3 Å². The van der Waals surface area contributed by atoms with Gasteiger partial charge in [0.1, 0.15) is 0 Å². The van der Waals surface area contributed by atoms with E-state index in [-0.39, 0.29) is 23.8 Å². The molecule has 0 bridgehead atoms. The summed E-state index contributed by atoms with van der Waals surface area (Å²) in [6.07, 6.45) is 2.81. The largest absolute Gasteiger partial charge is 0.394 e. The maximum atomic E-state index is 12.2. The first kappa shape index (κ1) is 16.4. The molecule has 0 aromatic rings. The van der Waals surface area contributed by atoms with Crippen LogP contribution in [0.2, 0.25) is 0 Å². The average Bonchev–Trinajstić information content (AvgIpc) is 2.26. The predicted molar refractivity (Wildman–Crippen MR) is 75.8 cm³/mol. The van der Waals surface area contributed by atoms with E-state index in [1.807, 2.05) is 6.92 Å². The molecule has 0 saturated heterocycles. The quantitative estimate of drug-likeness (QED) is 0.803. The number of ether oxygens (including phenoxy) is 1. The minimum absolute atomic E-state index is 0.00616. The van der Waals surface area contributed by atoms with Crippen molar-refractivity contribution in [2.24, 2.45) is 17.3 Å². The van der Waals surface area contributed by atoms with Gasteiger partial charge in [0.2, 0.25) is 5.91 Å². The van der Waals surface area contributed by atoms with Crippen molar-refractivity contribution in [2.75, 3.05) is 20.3 Å². The molecule has 112 valence electrons. The van der Waals surface area contributed by atoms with E-state index in [0.29, 0.717) is 12.5 Å². The Bertz CT molecular complexity index is 317. The second-order valence-corrected chi connectivity index (χ2v) is 7.14. The SMILES string of the molecule is COCC(C)C(=O)NC1(CO)CC(C)CC(C)(C)C1. The minimum Gasteiger partial charge on any atom is -0.394 e. The molecule has 0 radical (unpaired) electrons. The zero-order valence-electron chi connectivity index (χ0n) is 13.0. The van der Waals surface area contributed by atoms with E-state index in [2.05, 4.69) is 26.1 Å². The summed E-state index contributed by atoms with van der Waals surface area (Å²) < 4.78 is 5.02. The molecule has 1 aliphatic rings. The summed E-state index contributed by atoms with van der Waals surface area (Å²) in [4.78, 5) is 12.2. The van der Waals surface area contributed by atoms with Gasteiger partial charge in [-0.05, 0) is 30.6 Å². The van der Waals surface area contributed by atoms with Gasteiger partial charge < -0.3 is 15.2 Å². The Morgan fingerprint density at radius 1 is 1.47 bits per heavy atom. The van der Waals surface area contributed by atoms with Gasteiger partial charge in [0.25, 0.3) is 0 Å². The maximum absolute atomic E-state index is 12.2. The Hall–Kier alpha value is -0.610. The molecule has 2 N–H and O–H groups in total. The number of hydrogen-bond acceptors (Lipinski definition) is 3. The number of rotatable bonds is 5. The Morgan fingerprint density at radius 2 is 2.11 bits per heavy atom. The fourth-order valence-electron chi connectivity index (χ4n) is 3.71. The molecule has 1 fully saturated rings. The number of carbonyl (C=O) groups is 1. The van der Waals surface area contributed by atoms with Crippen LogP contribution in [0, 0.1) is 17.3 Å². The van der Waals surface area contributed by atoms with Crippen LogP contribution in [0.3, 0.4) is 0 Å². The third-order valence-electron chi connectivity index (χ3n) is 4.01. The fraction of sp³-hybridized carbons (Fsp3) is 0.933. The van der Waals surface area contributed by atoms with Crippen LogP contribution in [-0.2, 0) is 9.53 Å². The standard InChI is InChI=1S/C15H29NO3/c1-11-6-14(3,4)9-15(7-11,10-17)16-13(18)12(2)8-19-5/h11-12,17H,6-10H2,1-5H3,(H,16,18). The number of nitrogens with one attached hydrogen (secondary N) is 1. The van der Waals surface area contributed by atoms with E-state index in [1.54, 1.807) is 7.11 Å². The third-order valence-corrected chi connectivity index (χ3v) is 4.01. The van der Waals surface area contributed by atoms with E-state index in [4.69, 9.17) is 4.74 Å². The Labute approximate surface area is 116 Å². The second-order valence-electron chi connectivity index (χ2n) is 7.14. The molecular weight excluding hydrogens is 242 g/mol. The highest BCUT2D eigenvalue weighted by Crippen LogP contribution is 2.43. The molecule has 0 aromatic carbocycles. The van der Waals surface area contributed by atoms with Crippen LogP contribution in [0.5, 0.6) is 0 Å². The molecule has 19 heavy (non-hydrogen) atoms. The van der Waals surface area contributed by atoms with Crippen LogP contribution in [0.15, 0.2) is 0 Å². The molecule has 1 amide bonds. The van der Waals surface area contributed by atoms with Crippen molar-refractivity contribution in [3.8, 4) is 0 Å². The van der Waals surface area contributed by atoms with Crippen molar-refractivity contribution in [1.29, 1.82) is 0 Å². The van der Waals surface area contributed by atoms with Crippen molar-refractivity contribution in [3.63, 3.8) is 0 Å². The monoisotopic (exact) mass is 271 g/mol. The highest BCUT2D eigenvalue weighted by molar-refractivity contribution is 5.79. The summed E-state index contributed by atoms with van der Waals surface area (Å²) in [7, 11) is 1.59.